The first-order valence-corrected chi connectivity index (χ1v) is 5.37. The molecule has 0 amide bonds. The fraction of sp³-hybridized carbons (Fsp3) is 0.250. The van der Waals surface area contributed by atoms with Gasteiger partial charge in [-0.25, -0.2) is 18.0 Å². The lowest BCUT2D eigenvalue weighted by Gasteiger charge is -2.03. The molecular weight excluding hydrogens is 206 g/mol. The standard InChI is InChI=1S/C8H11NO4S/c1-9-14(11,12)8-4-2-7(3-5-8)6-13-10/h2-5,9-10H,6H2,1H3. The molecule has 0 unspecified atom stereocenters. The van der Waals surface area contributed by atoms with E-state index in [-0.39, 0.29) is 11.5 Å². The van der Waals surface area contributed by atoms with Crippen LogP contribution in [-0.2, 0) is 21.5 Å². The molecular formula is C8H11NO4S. The average molecular weight is 217 g/mol. The lowest BCUT2D eigenvalue weighted by molar-refractivity contribution is -0.253. The van der Waals surface area contributed by atoms with E-state index in [1.807, 2.05) is 0 Å². The Kier molecular flexibility index (Phi) is 3.59. The Hall–Kier alpha value is -0.950. The quantitative estimate of drug-likeness (QED) is 0.571. The Morgan fingerprint density at radius 2 is 1.93 bits per heavy atom. The molecule has 0 radical (unpaired) electrons. The van der Waals surface area contributed by atoms with Crippen molar-refractivity contribution in [2.75, 3.05) is 7.05 Å². The van der Waals surface area contributed by atoms with Crippen LogP contribution in [0.2, 0.25) is 0 Å². The number of sulfonamides is 1. The molecule has 78 valence electrons. The van der Waals surface area contributed by atoms with Crippen LogP contribution in [-0.4, -0.2) is 20.7 Å². The fourth-order valence-electron chi connectivity index (χ4n) is 0.957. The molecule has 0 aliphatic rings. The van der Waals surface area contributed by atoms with Crippen molar-refractivity contribution < 1.29 is 18.6 Å². The summed E-state index contributed by atoms with van der Waals surface area (Å²) in [6, 6.07) is 6.03. The van der Waals surface area contributed by atoms with Crippen molar-refractivity contribution in [3.05, 3.63) is 29.8 Å². The average Bonchev–Trinajstić information content (AvgIpc) is 2.19. The fourth-order valence-corrected chi connectivity index (χ4v) is 1.69. The Morgan fingerprint density at radius 3 is 2.36 bits per heavy atom. The number of hydrogen-bond acceptors (Lipinski definition) is 4. The zero-order valence-electron chi connectivity index (χ0n) is 7.60. The SMILES string of the molecule is CNS(=O)(=O)c1ccc(COO)cc1. The minimum Gasteiger partial charge on any atom is -0.251 e. The Bertz CT molecular complexity index is 384. The molecule has 1 aromatic rings. The van der Waals surface area contributed by atoms with E-state index in [1.54, 1.807) is 12.1 Å². The van der Waals surface area contributed by atoms with E-state index < -0.39 is 10.0 Å². The predicted molar refractivity (Wildman–Crippen MR) is 50.1 cm³/mol. The van der Waals surface area contributed by atoms with Gasteiger partial charge in [0.1, 0.15) is 6.61 Å². The molecule has 0 atom stereocenters. The van der Waals surface area contributed by atoms with Crippen LogP contribution in [0.4, 0.5) is 0 Å². The summed E-state index contributed by atoms with van der Waals surface area (Å²) in [5.74, 6) is 0. The van der Waals surface area contributed by atoms with Crippen molar-refractivity contribution in [3.63, 3.8) is 0 Å². The van der Waals surface area contributed by atoms with E-state index in [9.17, 15) is 8.42 Å². The summed E-state index contributed by atoms with van der Waals surface area (Å²) in [4.78, 5) is 4.10. The van der Waals surface area contributed by atoms with Gasteiger partial charge in [-0.1, -0.05) is 12.1 Å². The molecule has 1 aromatic carbocycles. The highest BCUT2D eigenvalue weighted by Gasteiger charge is 2.09. The summed E-state index contributed by atoms with van der Waals surface area (Å²) in [5.41, 5.74) is 0.697. The molecule has 0 aliphatic carbocycles. The van der Waals surface area contributed by atoms with Crippen molar-refractivity contribution in [1.82, 2.24) is 4.72 Å². The summed E-state index contributed by atoms with van der Waals surface area (Å²) in [5, 5.41) is 8.16. The van der Waals surface area contributed by atoms with Gasteiger partial charge < -0.3 is 0 Å². The number of benzene rings is 1. The molecule has 0 saturated heterocycles. The van der Waals surface area contributed by atoms with Gasteiger partial charge in [0.05, 0.1) is 4.90 Å². The first-order valence-electron chi connectivity index (χ1n) is 3.89. The predicted octanol–water partition coefficient (Wildman–Crippen LogP) is 0.584. The van der Waals surface area contributed by atoms with Gasteiger partial charge in [-0.15, -0.1) is 0 Å². The molecule has 0 aromatic heterocycles. The summed E-state index contributed by atoms with van der Waals surface area (Å²) in [6.07, 6.45) is 0. The van der Waals surface area contributed by atoms with E-state index in [0.717, 1.165) is 0 Å². The third kappa shape index (κ3) is 2.52. The van der Waals surface area contributed by atoms with Crippen molar-refractivity contribution in [2.24, 2.45) is 0 Å². The van der Waals surface area contributed by atoms with Crippen molar-refractivity contribution in [1.29, 1.82) is 0 Å². The van der Waals surface area contributed by atoms with E-state index >= 15 is 0 Å². The van der Waals surface area contributed by atoms with Crippen molar-refractivity contribution in [2.45, 2.75) is 11.5 Å². The Morgan fingerprint density at radius 1 is 1.36 bits per heavy atom. The second kappa shape index (κ2) is 4.52. The molecule has 5 nitrogen and oxygen atoms in total. The lowest BCUT2D eigenvalue weighted by Crippen LogP contribution is -2.18. The van der Waals surface area contributed by atoms with Crippen LogP contribution < -0.4 is 4.72 Å². The van der Waals surface area contributed by atoms with Crippen LogP contribution in [0.5, 0.6) is 0 Å². The minimum absolute atomic E-state index is 0.0415. The van der Waals surface area contributed by atoms with Gasteiger partial charge in [-0.3, -0.25) is 5.26 Å². The van der Waals surface area contributed by atoms with Crippen molar-refractivity contribution in [3.8, 4) is 0 Å². The summed E-state index contributed by atoms with van der Waals surface area (Å²) >= 11 is 0. The smallest absolute Gasteiger partial charge is 0.240 e. The van der Waals surface area contributed by atoms with E-state index in [1.165, 1.54) is 19.2 Å². The zero-order chi connectivity index (χ0) is 10.6. The third-order valence-electron chi connectivity index (χ3n) is 1.73. The molecule has 0 aliphatic heterocycles. The molecule has 6 heteroatoms. The van der Waals surface area contributed by atoms with E-state index in [4.69, 9.17) is 5.26 Å². The molecule has 0 heterocycles. The second-order valence-corrected chi connectivity index (χ2v) is 4.51. The maximum atomic E-state index is 11.3. The van der Waals surface area contributed by atoms with Gasteiger partial charge in [0.15, 0.2) is 0 Å². The first-order chi connectivity index (χ1) is 6.60. The van der Waals surface area contributed by atoms with Gasteiger partial charge in [-0.2, -0.15) is 0 Å². The maximum Gasteiger partial charge on any atom is 0.240 e. The minimum atomic E-state index is -3.38. The molecule has 0 saturated carbocycles. The van der Waals surface area contributed by atoms with Crippen LogP contribution in [0.1, 0.15) is 5.56 Å². The summed E-state index contributed by atoms with van der Waals surface area (Å²) < 4.78 is 24.8. The Labute approximate surface area is 82.3 Å². The second-order valence-electron chi connectivity index (χ2n) is 2.62. The normalized spacial score (nSPS) is 11.6. The van der Waals surface area contributed by atoms with E-state index in [2.05, 4.69) is 9.61 Å². The van der Waals surface area contributed by atoms with Crippen LogP contribution in [0.25, 0.3) is 0 Å². The van der Waals surface area contributed by atoms with Gasteiger partial charge >= 0.3 is 0 Å². The molecule has 0 fully saturated rings. The third-order valence-corrected chi connectivity index (χ3v) is 3.16. The molecule has 14 heavy (non-hydrogen) atoms. The first kappa shape index (κ1) is 11.1. The highest BCUT2D eigenvalue weighted by atomic mass is 32.2. The summed E-state index contributed by atoms with van der Waals surface area (Å²) in [6.45, 7) is 0.0415. The molecule has 1 rings (SSSR count). The molecule has 2 N–H and O–H groups in total. The van der Waals surface area contributed by atoms with E-state index in [0.29, 0.717) is 5.56 Å². The van der Waals surface area contributed by atoms with Crippen molar-refractivity contribution >= 4 is 10.0 Å². The highest BCUT2D eigenvalue weighted by Crippen LogP contribution is 2.10. The number of nitrogens with one attached hydrogen (secondary N) is 1. The number of hydrogen-bond donors (Lipinski definition) is 2. The maximum absolute atomic E-state index is 11.3. The van der Waals surface area contributed by atoms with Crippen LogP contribution in [0.3, 0.4) is 0 Å². The van der Waals surface area contributed by atoms with Crippen LogP contribution in [0.15, 0.2) is 29.2 Å². The zero-order valence-corrected chi connectivity index (χ0v) is 8.41. The molecule has 0 bridgehead atoms. The summed E-state index contributed by atoms with van der Waals surface area (Å²) in [7, 11) is -2.04. The van der Waals surface area contributed by atoms with Gasteiger partial charge in [0.25, 0.3) is 0 Å². The highest BCUT2D eigenvalue weighted by molar-refractivity contribution is 7.89. The lowest BCUT2D eigenvalue weighted by atomic mass is 10.2. The molecule has 0 spiro atoms. The van der Waals surface area contributed by atoms with Crippen LogP contribution in [0, 0.1) is 0 Å². The largest absolute Gasteiger partial charge is 0.251 e. The van der Waals surface area contributed by atoms with Gasteiger partial charge in [0.2, 0.25) is 10.0 Å². The van der Waals surface area contributed by atoms with Gasteiger partial charge in [0, 0.05) is 0 Å². The number of rotatable bonds is 4. The monoisotopic (exact) mass is 217 g/mol. The van der Waals surface area contributed by atoms with Crippen LogP contribution >= 0.6 is 0 Å². The topological polar surface area (TPSA) is 75.6 Å². The van der Waals surface area contributed by atoms with Gasteiger partial charge in [-0.05, 0) is 24.7 Å². The Balaban J connectivity index is 2.94.